The highest BCUT2D eigenvalue weighted by Gasteiger charge is 2.50. The maximum Gasteiger partial charge on any atom is 0.278 e. The molecular weight excluding hydrogens is 1090 g/mol. The predicted molar refractivity (Wildman–Crippen MR) is 327 cm³/mol. The smallest absolute Gasteiger partial charge is 0.278 e. The molecule has 22 nitrogen and oxygen atoms in total. The minimum Gasteiger partial charge on any atom is -0.480 e. The van der Waals surface area contributed by atoms with Gasteiger partial charge < -0.3 is 20.1 Å². The number of carbonyl (C=O) groups excluding carboxylic acids is 2. The summed E-state index contributed by atoms with van der Waals surface area (Å²) in [4.78, 5) is 89.6. The van der Waals surface area contributed by atoms with Gasteiger partial charge in [-0.1, -0.05) is 36.4 Å². The SMILES string of the molecule is CC(C)N1Cc2cc(Nc3ncc4c(=O)n5n(c4n3)-c3ccc4c(n3)N(CCC/C=C\C5)C(=O)CO4)ccc2C2(CC2)C1.CC(C)N1Cc2ccc(Nc3ncc4c(=O)n5n(c4n3)-c3ccc4c(n3)N(CCC/C=C\C5)C(=O)CO4)cc2C2(CC2)C1. The van der Waals surface area contributed by atoms with Gasteiger partial charge in [0.05, 0.1) is 13.1 Å². The molecule has 2 aromatic carbocycles. The zero-order chi connectivity index (χ0) is 58.6. The number of aromatic nitrogens is 10. The summed E-state index contributed by atoms with van der Waals surface area (Å²) in [5.41, 5.74) is 8.49. The van der Waals surface area contributed by atoms with E-state index in [-0.39, 0.29) is 41.6 Å². The molecule has 0 unspecified atom stereocenters. The standard InChI is InChI=1S/2C32H34N8O3/c1-20(2)37-17-21-15-22(7-8-24(21)32(19-37)11-12-32)34-31-33-16-23-28(36-31)40-26-10-9-25-29(35-26)38(27(41)18-43-25)13-5-3-4-6-14-39(40)30(23)42;1-20(2)37-17-21-7-8-22(15-24(21)32(19-37)11-12-32)34-31-33-16-23-28(36-31)40-26-10-9-25-29(35-26)38(27(41)18-43-25)13-5-3-4-6-14-39(40)30(23)42/h2*4,6-10,15-16,20H,3,5,11-14,17-19H2,1-2H3,(H,33,34,36)/b2*6-4-. The molecule has 6 aromatic heterocycles. The lowest BCUT2D eigenvalue weighted by molar-refractivity contribution is -0.122. The van der Waals surface area contributed by atoms with E-state index < -0.39 is 0 Å². The lowest BCUT2D eigenvalue weighted by Gasteiger charge is -2.37. The van der Waals surface area contributed by atoms with Gasteiger partial charge in [0, 0.05) is 86.0 Å². The van der Waals surface area contributed by atoms with E-state index in [1.165, 1.54) is 47.9 Å². The number of pyridine rings is 2. The number of anilines is 6. The van der Waals surface area contributed by atoms with Gasteiger partial charge in [-0.05, 0) is 150 Å². The van der Waals surface area contributed by atoms with Gasteiger partial charge in [-0.2, -0.15) is 9.97 Å². The van der Waals surface area contributed by atoms with E-state index in [0.29, 0.717) is 112 Å². The molecule has 8 aromatic rings. The highest BCUT2D eigenvalue weighted by Crippen LogP contribution is 2.54. The number of nitrogens with zero attached hydrogens (tertiary/aromatic N) is 14. The van der Waals surface area contributed by atoms with Crippen LogP contribution in [0.4, 0.5) is 34.9 Å². The van der Waals surface area contributed by atoms with E-state index in [9.17, 15) is 19.2 Å². The first-order valence-electron chi connectivity index (χ1n) is 30.3. The van der Waals surface area contributed by atoms with Crippen LogP contribution in [0.25, 0.3) is 33.7 Å². The monoisotopic (exact) mass is 1160 g/mol. The van der Waals surface area contributed by atoms with Gasteiger partial charge in [0.25, 0.3) is 22.9 Å². The average molecular weight is 1160 g/mol. The Bertz CT molecular complexity index is 4280. The fourth-order valence-corrected chi connectivity index (χ4v) is 13.4. The normalized spacial score (nSPS) is 19.8. The Morgan fingerprint density at radius 3 is 1.53 bits per heavy atom. The Labute approximate surface area is 495 Å². The van der Waals surface area contributed by atoms with E-state index in [0.717, 1.165) is 63.2 Å². The Morgan fingerprint density at radius 1 is 0.535 bits per heavy atom. The van der Waals surface area contributed by atoms with Crippen molar-refractivity contribution in [3.63, 3.8) is 0 Å². The number of amides is 2. The molecule has 22 heteroatoms. The summed E-state index contributed by atoms with van der Waals surface area (Å²) in [6.45, 7) is 15.0. The summed E-state index contributed by atoms with van der Waals surface area (Å²) in [6, 6.07) is 21.4. The first-order chi connectivity index (χ1) is 41.8. The second-order valence-electron chi connectivity index (χ2n) is 24.7. The van der Waals surface area contributed by atoms with Gasteiger partial charge >= 0.3 is 0 Å². The van der Waals surface area contributed by atoms with Crippen LogP contribution in [0.2, 0.25) is 0 Å². The molecule has 86 heavy (non-hydrogen) atoms. The number of allylic oxidation sites excluding steroid dienone is 4. The van der Waals surface area contributed by atoms with Crippen LogP contribution in [-0.2, 0) is 46.6 Å². The highest BCUT2D eigenvalue weighted by atomic mass is 16.5. The van der Waals surface area contributed by atoms with Gasteiger partial charge in [-0.15, -0.1) is 0 Å². The first-order valence-corrected chi connectivity index (χ1v) is 30.3. The van der Waals surface area contributed by atoms with Crippen LogP contribution in [0, 0.1) is 0 Å². The molecule has 2 saturated carbocycles. The first kappa shape index (κ1) is 53.7. The Kier molecular flexibility index (Phi) is 13.0. The summed E-state index contributed by atoms with van der Waals surface area (Å²) in [5.74, 6) is 3.52. The number of hydrogen-bond donors (Lipinski definition) is 2. The van der Waals surface area contributed by atoms with E-state index in [4.69, 9.17) is 29.4 Å². The number of rotatable bonds is 6. The van der Waals surface area contributed by atoms with Gasteiger partial charge in [0.1, 0.15) is 10.8 Å². The van der Waals surface area contributed by atoms with Crippen molar-refractivity contribution in [1.29, 1.82) is 0 Å². The van der Waals surface area contributed by atoms with Crippen molar-refractivity contribution < 1.29 is 19.1 Å². The van der Waals surface area contributed by atoms with Crippen LogP contribution in [0.5, 0.6) is 11.5 Å². The summed E-state index contributed by atoms with van der Waals surface area (Å²) < 4.78 is 18.0. The molecule has 2 amide bonds. The third-order valence-electron chi connectivity index (χ3n) is 18.4. The van der Waals surface area contributed by atoms with Gasteiger partial charge in [-0.25, -0.2) is 38.7 Å². The zero-order valence-electron chi connectivity index (χ0n) is 48.8. The van der Waals surface area contributed by atoms with Crippen molar-refractivity contribution in [1.82, 2.24) is 58.4 Å². The molecule has 440 valence electrons. The molecule has 4 bridgehead atoms. The second kappa shape index (κ2) is 20.9. The fourth-order valence-electron chi connectivity index (χ4n) is 13.4. The van der Waals surface area contributed by atoms with Crippen LogP contribution in [0.1, 0.15) is 101 Å². The number of fused-ring (bicyclic) bond motifs is 14. The summed E-state index contributed by atoms with van der Waals surface area (Å²) in [7, 11) is 0. The fraction of sp³-hybridized carbons (Fsp3) is 0.406. The molecule has 6 aliphatic heterocycles. The third kappa shape index (κ3) is 9.40. The predicted octanol–water partition coefficient (Wildman–Crippen LogP) is 8.10. The third-order valence-corrected chi connectivity index (χ3v) is 18.4. The zero-order valence-corrected chi connectivity index (χ0v) is 48.8. The number of nitrogens with one attached hydrogen (secondary N) is 2. The summed E-state index contributed by atoms with van der Waals surface area (Å²) >= 11 is 0. The molecule has 16 rings (SSSR count). The van der Waals surface area contributed by atoms with E-state index in [1.54, 1.807) is 65.2 Å². The van der Waals surface area contributed by atoms with Crippen molar-refractivity contribution in [2.24, 2.45) is 0 Å². The van der Waals surface area contributed by atoms with Crippen LogP contribution in [-0.4, -0.2) is 122 Å². The van der Waals surface area contributed by atoms with Crippen LogP contribution in [0.3, 0.4) is 0 Å². The topological polar surface area (TPSA) is 221 Å². The summed E-state index contributed by atoms with van der Waals surface area (Å²) in [5, 5.41) is 7.60. The van der Waals surface area contributed by atoms with Crippen molar-refractivity contribution in [3.8, 4) is 23.1 Å². The van der Waals surface area contributed by atoms with Gasteiger partial charge in [0.2, 0.25) is 11.9 Å². The molecule has 8 aliphatic rings. The van der Waals surface area contributed by atoms with Crippen molar-refractivity contribution in [2.45, 2.75) is 128 Å². The maximum atomic E-state index is 13.6. The number of benzene rings is 2. The van der Waals surface area contributed by atoms with Crippen molar-refractivity contribution >= 4 is 68.8 Å². The van der Waals surface area contributed by atoms with Gasteiger partial charge in [0.15, 0.2) is 59.3 Å². The van der Waals surface area contributed by atoms with Crippen LogP contribution in [0.15, 0.2) is 107 Å². The Morgan fingerprint density at radius 2 is 1.02 bits per heavy atom. The molecule has 2 spiro atoms. The lowest BCUT2D eigenvalue weighted by atomic mass is 9.86. The van der Waals surface area contributed by atoms with E-state index in [1.807, 2.05) is 24.3 Å². The largest absolute Gasteiger partial charge is 0.480 e. The molecule has 2 aliphatic carbocycles. The Balaban J connectivity index is 0.000000145. The highest BCUT2D eigenvalue weighted by molar-refractivity contribution is 5.97. The molecule has 0 radical (unpaired) electrons. The second-order valence-corrected chi connectivity index (χ2v) is 24.7. The number of hydrogen-bond acceptors (Lipinski definition) is 16. The molecular formula is C64H68N16O6. The number of ether oxygens (including phenoxy) is 2. The minimum absolute atomic E-state index is 0.0108. The molecule has 0 saturated heterocycles. The van der Waals surface area contributed by atoms with Gasteiger partial charge in [-0.3, -0.25) is 38.8 Å². The summed E-state index contributed by atoms with van der Waals surface area (Å²) in [6.07, 6.45) is 19.2. The molecule has 2 N–H and O–H groups in total. The molecule has 2 fully saturated rings. The van der Waals surface area contributed by atoms with E-state index >= 15 is 0 Å². The van der Waals surface area contributed by atoms with Crippen LogP contribution < -0.4 is 41.0 Å². The minimum atomic E-state index is -0.204. The van der Waals surface area contributed by atoms with Crippen molar-refractivity contribution in [2.75, 3.05) is 59.8 Å². The lowest BCUT2D eigenvalue weighted by Crippen LogP contribution is -2.41. The van der Waals surface area contributed by atoms with Crippen molar-refractivity contribution in [3.05, 3.63) is 140 Å². The van der Waals surface area contributed by atoms with E-state index in [2.05, 4.69) is 94.5 Å². The molecule has 0 atom stereocenters. The van der Waals surface area contributed by atoms with Crippen LogP contribution >= 0.6 is 0 Å². The Hall–Kier alpha value is -9.02. The number of carbonyl (C=O) groups is 2. The molecule has 12 heterocycles. The quantitative estimate of drug-likeness (QED) is 0.150. The average Bonchev–Trinajstić information content (AvgIpc) is 3.35. The maximum absolute atomic E-state index is 13.6.